The van der Waals surface area contributed by atoms with Crippen LogP contribution in [0.2, 0.25) is 0 Å². The summed E-state index contributed by atoms with van der Waals surface area (Å²) >= 11 is 0. The Kier molecular flexibility index (Phi) is 10.6. The van der Waals surface area contributed by atoms with Crippen molar-refractivity contribution >= 4 is 25.6 Å². The van der Waals surface area contributed by atoms with Gasteiger partial charge in [0.1, 0.15) is 12.4 Å². The van der Waals surface area contributed by atoms with Crippen LogP contribution in [0.5, 0.6) is 0 Å². The minimum atomic E-state index is -1.78. The molecule has 0 saturated carbocycles. The first-order chi connectivity index (χ1) is 13.0. The lowest BCUT2D eigenvalue weighted by molar-refractivity contribution is -0.122. The van der Waals surface area contributed by atoms with E-state index >= 15 is 0 Å². The van der Waals surface area contributed by atoms with Gasteiger partial charge in [0.05, 0.1) is 6.04 Å². The molecule has 0 aliphatic carbocycles. The molecule has 1 aromatic heterocycles. The largest absolute Gasteiger partial charge is 0.633 e. The number of benzene rings is 1. The summed E-state index contributed by atoms with van der Waals surface area (Å²) in [5.74, 6) is -0.399. The number of hydrogen-bond donors (Lipinski definition) is 4. The summed E-state index contributed by atoms with van der Waals surface area (Å²) in [5, 5.41) is 31.0. The number of unbranched alkanes of at least 4 members (excludes halogenated alkanes) is 1. The molecule has 2 rings (SSSR count). The lowest BCUT2D eigenvalue weighted by atomic mass is 10.1. The topological polar surface area (TPSA) is 148 Å². The summed E-state index contributed by atoms with van der Waals surface area (Å²) < 4.78 is 19.5. The van der Waals surface area contributed by atoms with Crippen molar-refractivity contribution in [3.05, 3.63) is 41.5 Å². The Morgan fingerprint density at radius 2 is 2.11 bits per heavy atom. The molecule has 1 heterocycles. The van der Waals surface area contributed by atoms with Crippen LogP contribution < -0.4 is 11.1 Å². The quantitative estimate of drug-likeness (QED) is 0.288. The minimum Gasteiger partial charge on any atom is -0.402 e. The Balaban J connectivity index is 0.00000392. The zero-order valence-corrected chi connectivity index (χ0v) is 15.9. The van der Waals surface area contributed by atoms with Gasteiger partial charge in [-0.3, -0.25) is 4.79 Å². The molecule has 0 fully saturated rings. The van der Waals surface area contributed by atoms with Gasteiger partial charge >= 0.3 is 7.32 Å². The van der Waals surface area contributed by atoms with E-state index in [0.717, 1.165) is 0 Å². The van der Waals surface area contributed by atoms with Gasteiger partial charge in [-0.2, -0.15) is 0 Å². The van der Waals surface area contributed by atoms with Crippen LogP contribution in [0.3, 0.4) is 0 Å². The number of rotatable bonds is 11. The van der Waals surface area contributed by atoms with Crippen molar-refractivity contribution in [1.29, 1.82) is 0 Å². The zero-order valence-electron chi connectivity index (χ0n) is 15.1. The van der Waals surface area contributed by atoms with E-state index in [0.29, 0.717) is 30.7 Å². The van der Waals surface area contributed by atoms with E-state index in [9.17, 15) is 9.18 Å². The van der Waals surface area contributed by atoms with E-state index in [-0.39, 0.29) is 43.8 Å². The fourth-order valence-electron chi connectivity index (χ4n) is 2.40. The van der Waals surface area contributed by atoms with Gasteiger partial charge in [-0.1, -0.05) is 18.2 Å². The van der Waals surface area contributed by atoms with Crippen molar-refractivity contribution in [1.82, 2.24) is 25.5 Å². The van der Waals surface area contributed by atoms with E-state index in [2.05, 4.69) is 25.5 Å². The highest BCUT2D eigenvalue weighted by molar-refractivity contribution is 6.32. The third kappa shape index (κ3) is 7.86. The molecule has 1 aromatic carbocycles. The maximum Gasteiger partial charge on any atom is 0.633 e. The molecule has 0 spiro atoms. The van der Waals surface area contributed by atoms with E-state index in [1.54, 1.807) is 18.2 Å². The number of nitrogens with two attached hydrogens (primary N) is 1. The van der Waals surface area contributed by atoms with Gasteiger partial charge in [-0.05, 0) is 35.8 Å². The highest BCUT2D eigenvalue weighted by Gasteiger charge is 2.17. The Bertz CT molecular complexity index is 738. The smallest absolute Gasteiger partial charge is 0.402 e. The van der Waals surface area contributed by atoms with Crippen molar-refractivity contribution in [2.75, 3.05) is 6.61 Å². The molecule has 0 aliphatic heterocycles. The van der Waals surface area contributed by atoms with Crippen LogP contribution in [0.4, 0.5) is 4.39 Å². The first-order valence-corrected chi connectivity index (χ1v) is 8.47. The third-order valence-electron chi connectivity index (χ3n) is 3.79. The number of halogens is 2. The number of hydrogen-bond acceptors (Lipinski definition) is 8. The second kappa shape index (κ2) is 12.4. The molecule has 5 N–H and O–H groups in total. The number of amides is 1. The second-order valence-corrected chi connectivity index (χ2v) is 5.86. The van der Waals surface area contributed by atoms with Crippen LogP contribution >= 0.6 is 12.4 Å². The molecule has 0 saturated heterocycles. The fourth-order valence-corrected chi connectivity index (χ4v) is 2.40. The summed E-state index contributed by atoms with van der Waals surface area (Å²) in [6.45, 7) is 0.115. The predicted octanol–water partition coefficient (Wildman–Crippen LogP) is -0.293. The number of carbonyl (C=O) groups excluding carboxylic acids is 1. The van der Waals surface area contributed by atoms with Crippen LogP contribution in [-0.2, 0) is 22.5 Å². The molecule has 13 heteroatoms. The first kappa shape index (κ1) is 23.9. The Morgan fingerprint density at radius 3 is 2.82 bits per heavy atom. The highest BCUT2D eigenvalue weighted by atomic mass is 35.5. The lowest BCUT2D eigenvalue weighted by Gasteiger charge is -2.12. The van der Waals surface area contributed by atoms with Crippen LogP contribution in [-0.4, -0.2) is 50.1 Å². The van der Waals surface area contributed by atoms with E-state index in [1.807, 2.05) is 0 Å². The van der Waals surface area contributed by atoms with E-state index in [1.165, 1.54) is 10.7 Å². The molecule has 0 bridgehead atoms. The Labute approximate surface area is 167 Å². The summed E-state index contributed by atoms with van der Waals surface area (Å²) in [6, 6.07) is 5.70. The number of tetrazole rings is 1. The summed E-state index contributed by atoms with van der Waals surface area (Å²) in [5.41, 5.74) is 6.44. The number of aromatic nitrogens is 4. The van der Waals surface area contributed by atoms with Crippen molar-refractivity contribution < 1.29 is 23.9 Å². The first-order valence-electron chi connectivity index (χ1n) is 8.47. The van der Waals surface area contributed by atoms with Gasteiger partial charge in [-0.25, -0.2) is 9.07 Å². The van der Waals surface area contributed by atoms with Gasteiger partial charge in [0, 0.05) is 18.7 Å². The van der Waals surface area contributed by atoms with Gasteiger partial charge in [0.15, 0.2) is 5.82 Å². The van der Waals surface area contributed by atoms with Gasteiger partial charge in [0.2, 0.25) is 5.91 Å². The molecule has 1 atom stereocenters. The van der Waals surface area contributed by atoms with Crippen LogP contribution in [0.15, 0.2) is 24.3 Å². The van der Waals surface area contributed by atoms with Crippen molar-refractivity contribution in [3.8, 4) is 0 Å². The maximum atomic E-state index is 13.6. The molecule has 0 radical (unpaired) electrons. The molecule has 10 nitrogen and oxygen atoms in total. The predicted molar refractivity (Wildman–Crippen MR) is 100 cm³/mol. The Hall–Kier alpha value is -2.12. The van der Waals surface area contributed by atoms with Crippen LogP contribution in [0, 0.1) is 5.82 Å². The second-order valence-electron chi connectivity index (χ2n) is 5.86. The molecule has 0 aliphatic rings. The van der Waals surface area contributed by atoms with Gasteiger partial charge in [-0.15, -0.1) is 17.5 Å². The zero-order chi connectivity index (χ0) is 19.6. The number of nitrogens with zero attached hydrogens (tertiary/aromatic N) is 4. The normalized spacial score (nSPS) is 11.6. The SMILES string of the molecule is Cl.N[C@H](CCCCOB(O)O)c1nnnn1CC(=O)NCc1ccccc1F. The van der Waals surface area contributed by atoms with Crippen LogP contribution in [0.25, 0.3) is 0 Å². The highest BCUT2D eigenvalue weighted by Crippen LogP contribution is 2.13. The Morgan fingerprint density at radius 1 is 1.36 bits per heavy atom. The summed E-state index contributed by atoms with van der Waals surface area (Å²) in [6.07, 6.45) is 1.76. The molecular weight excluding hydrogens is 393 g/mol. The fraction of sp³-hybridized carbons (Fsp3) is 0.467. The standard InChI is InChI=1S/C15H22BFN6O4.ClH/c17-12-6-2-1-5-11(12)9-19-14(24)10-23-15(20-21-22-23)13(18)7-3-4-8-27-16(25)26;/h1-2,5-6,13,25-26H,3-4,7-10,18H2,(H,19,24);1H/t13-;/m1./s1. The number of nitrogens with one attached hydrogen (secondary N) is 1. The average Bonchev–Trinajstić information content (AvgIpc) is 3.08. The molecule has 2 aromatic rings. The van der Waals surface area contributed by atoms with Gasteiger partial charge < -0.3 is 25.8 Å². The minimum absolute atomic E-state index is 0. The number of carbonyl (C=O) groups is 1. The lowest BCUT2D eigenvalue weighted by Crippen LogP contribution is -2.30. The van der Waals surface area contributed by atoms with E-state index in [4.69, 9.17) is 15.8 Å². The molecule has 0 unspecified atom stereocenters. The van der Waals surface area contributed by atoms with Crippen LogP contribution in [0.1, 0.15) is 36.7 Å². The summed E-state index contributed by atoms with van der Waals surface area (Å²) in [4.78, 5) is 12.1. The van der Waals surface area contributed by atoms with E-state index < -0.39 is 13.4 Å². The monoisotopic (exact) mass is 416 g/mol. The molecule has 1 amide bonds. The van der Waals surface area contributed by atoms with Crippen molar-refractivity contribution in [2.24, 2.45) is 5.73 Å². The van der Waals surface area contributed by atoms with Crippen molar-refractivity contribution in [2.45, 2.75) is 38.4 Å². The van der Waals surface area contributed by atoms with Gasteiger partial charge in [0.25, 0.3) is 0 Å². The average molecular weight is 417 g/mol. The molecular formula is C15H23BClFN6O4. The van der Waals surface area contributed by atoms with Crippen molar-refractivity contribution in [3.63, 3.8) is 0 Å². The maximum absolute atomic E-state index is 13.6. The third-order valence-corrected chi connectivity index (χ3v) is 3.79. The molecule has 154 valence electrons. The summed E-state index contributed by atoms with van der Waals surface area (Å²) in [7, 11) is -1.78. The molecule has 28 heavy (non-hydrogen) atoms.